The summed E-state index contributed by atoms with van der Waals surface area (Å²) in [6, 6.07) is 8.88. The smallest absolute Gasteiger partial charge is 0.359 e. The summed E-state index contributed by atoms with van der Waals surface area (Å²) in [5.41, 5.74) is 2.79. The van der Waals surface area contributed by atoms with Gasteiger partial charge in [0.25, 0.3) is 5.91 Å². The Kier molecular flexibility index (Phi) is 6.50. The fourth-order valence-electron chi connectivity index (χ4n) is 3.74. The molecule has 0 spiro atoms. The summed E-state index contributed by atoms with van der Waals surface area (Å²) in [7, 11) is 2.91. The van der Waals surface area contributed by atoms with Gasteiger partial charge in [0.1, 0.15) is 17.3 Å². The number of nitrogens with zero attached hydrogens (tertiary/aromatic N) is 2. The lowest BCUT2D eigenvalue weighted by molar-refractivity contribution is -0.119. The van der Waals surface area contributed by atoms with Crippen LogP contribution in [-0.2, 0) is 22.4 Å². The molecule has 0 unspecified atom stereocenters. The van der Waals surface area contributed by atoms with Crippen LogP contribution in [0.25, 0.3) is 5.69 Å². The van der Waals surface area contributed by atoms with Crippen LogP contribution in [0.3, 0.4) is 0 Å². The molecule has 1 N–H and O–H groups in total. The lowest BCUT2D eigenvalue weighted by Crippen LogP contribution is -2.22. The van der Waals surface area contributed by atoms with Crippen LogP contribution in [0.15, 0.2) is 36.4 Å². The average molecular weight is 474 g/mol. The number of esters is 1. The van der Waals surface area contributed by atoms with Crippen LogP contribution in [-0.4, -0.2) is 42.5 Å². The normalized spacial score (nSPS) is 12.2. The lowest BCUT2D eigenvalue weighted by atomic mass is 10.2. The van der Waals surface area contributed by atoms with Crippen LogP contribution in [0, 0.1) is 5.82 Å². The second-order valence-electron chi connectivity index (χ2n) is 7.33. The van der Waals surface area contributed by atoms with E-state index in [0.717, 1.165) is 24.1 Å². The molecule has 1 amide bonds. The molecule has 3 aromatic rings. The topological polar surface area (TPSA) is 91.7 Å². The highest BCUT2D eigenvalue weighted by atomic mass is 35.5. The molecule has 8 nitrogen and oxygen atoms in total. The van der Waals surface area contributed by atoms with Crippen LogP contribution in [0.1, 0.15) is 28.2 Å². The van der Waals surface area contributed by atoms with Crippen molar-refractivity contribution in [2.75, 3.05) is 26.1 Å². The SMILES string of the molecule is COc1cc(OC)c(NC(=O)COC(=O)c2nn(-c3ccc(F)cc3)c3c2CCC3)cc1Cl. The lowest BCUT2D eigenvalue weighted by Gasteiger charge is -2.13. The van der Waals surface area contributed by atoms with E-state index in [2.05, 4.69) is 10.4 Å². The van der Waals surface area contributed by atoms with Crippen molar-refractivity contribution in [2.45, 2.75) is 19.3 Å². The molecule has 0 aliphatic heterocycles. The first-order chi connectivity index (χ1) is 15.9. The molecule has 0 fully saturated rings. The zero-order valence-corrected chi connectivity index (χ0v) is 18.7. The summed E-state index contributed by atoms with van der Waals surface area (Å²) in [5.74, 6) is -0.903. The number of ether oxygens (including phenoxy) is 3. The summed E-state index contributed by atoms with van der Waals surface area (Å²) < 4.78 is 30.5. The first kappa shape index (κ1) is 22.6. The predicted molar refractivity (Wildman–Crippen MR) is 119 cm³/mol. The predicted octanol–water partition coefficient (Wildman–Crippen LogP) is 3.97. The summed E-state index contributed by atoms with van der Waals surface area (Å²) in [6.07, 6.45) is 2.29. The van der Waals surface area contributed by atoms with Crippen LogP contribution < -0.4 is 14.8 Å². The third kappa shape index (κ3) is 4.63. The molecule has 0 saturated carbocycles. The number of carbonyl (C=O) groups is 2. The third-order valence-electron chi connectivity index (χ3n) is 5.28. The van der Waals surface area contributed by atoms with Crippen LogP contribution in [0.4, 0.5) is 10.1 Å². The van der Waals surface area contributed by atoms with Crippen LogP contribution in [0.5, 0.6) is 11.5 Å². The van der Waals surface area contributed by atoms with Gasteiger partial charge in [-0.2, -0.15) is 5.10 Å². The zero-order chi connectivity index (χ0) is 23.5. The van der Waals surface area contributed by atoms with Gasteiger partial charge < -0.3 is 19.5 Å². The Morgan fingerprint density at radius 2 is 1.85 bits per heavy atom. The second kappa shape index (κ2) is 9.50. The van der Waals surface area contributed by atoms with Crippen molar-refractivity contribution in [1.29, 1.82) is 0 Å². The van der Waals surface area contributed by atoms with E-state index in [4.69, 9.17) is 25.8 Å². The minimum absolute atomic E-state index is 0.157. The molecule has 2 aromatic carbocycles. The van der Waals surface area contributed by atoms with Gasteiger partial charge in [0.2, 0.25) is 0 Å². The molecule has 0 atom stereocenters. The number of nitrogens with one attached hydrogen (secondary N) is 1. The van der Waals surface area contributed by atoms with E-state index < -0.39 is 18.5 Å². The number of hydrogen-bond donors (Lipinski definition) is 1. The number of amides is 1. The van der Waals surface area contributed by atoms with Gasteiger partial charge in [0, 0.05) is 17.3 Å². The maximum Gasteiger partial charge on any atom is 0.359 e. The standard InChI is InChI=1S/C23H21ClFN3O5/c1-31-19-11-20(32-2)17(10-16(19)24)26-21(29)12-33-23(30)22-15-4-3-5-18(15)28(27-22)14-8-6-13(25)7-9-14/h6-11H,3-5,12H2,1-2H3,(H,26,29). The van der Waals surface area contributed by atoms with Gasteiger partial charge in [-0.3, -0.25) is 4.79 Å². The molecule has 1 aliphatic rings. The summed E-state index contributed by atoms with van der Waals surface area (Å²) in [4.78, 5) is 25.1. The van der Waals surface area contributed by atoms with Crippen molar-refractivity contribution < 1.29 is 28.2 Å². The minimum atomic E-state index is -0.705. The number of benzene rings is 2. The molecule has 0 saturated heterocycles. The van der Waals surface area contributed by atoms with Gasteiger partial charge in [0.05, 0.1) is 30.6 Å². The molecule has 0 radical (unpaired) electrons. The zero-order valence-electron chi connectivity index (χ0n) is 18.0. The fourth-order valence-corrected chi connectivity index (χ4v) is 3.98. The number of fused-ring (bicyclic) bond motifs is 1. The van der Waals surface area contributed by atoms with E-state index in [-0.39, 0.29) is 16.5 Å². The molecule has 33 heavy (non-hydrogen) atoms. The maximum atomic E-state index is 13.3. The van der Waals surface area contributed by atoms with E-state index >= 15 is 0 Å². The average Bonchev–Trinajstić information content (AvgIpc) is 3.41. The van der Waals surface area contributed by atoms with Gasteiger partial charge in [-0.25, -0.2) is 13.9 Å². The Balaban J connectivity index is 1.47. The number of anilines is 1. The molecule has 172 valence electrons. The Hall–Kier alpha value is -3.59. The highest BCUT2D eigenvalue weighted by Gasteiger charge is 2.28. The van der Waals surface area contributed by atoms with Gasteiger partial charge in [-0.1, -0.05) is 11.6 Å². The highest BCUT2D eigenvalue weighted by Crippen LogP contribution is 2.36. The van der Waals surface area contributed by atoms with Gasteiger partial charge in [-0.15, -0.1) is 0 Å². The first-order valence-corrected chi connectivity index (χ1v) is 10.5. The number of methoxy groups -OCH3 is 2. The minimum Gasteiger partial charge on any atom is -0.495 e. The van der Waals surface area contributed by atoms with E-state index in [9.17, 15) is 14.0 Å². The van der Waals surface area contributed by atoms with Crippen molar-refractivity contribution in [1.82, 2.24) is 9.78 Å². The summed E-state index contributed by atoms with van der Waals surface area (Å²) in [6.45, 7) is -0.524. The first-order valence-electron chi connectivity index (χ1n) is 10.2. The molecule has 4 rings (SSSR count). The molecular formula is C23H21ClFN3O5. The van der Waals surface area contributed by atoms with Crippen molar-refractivity contribution >= 4 is 29.2 Å². The van der Waals surface area contributed by atoms with E-state index in [0.29, 0.717) is 29.3 Å². The van der Waals surface area contributed by atoms with Crippen molar-refractivity contribution in [2.24, 2.45) is 0 Å². The van der Waals surface area contributed by atoms with Crippen molar-refractivity contribution in [3.05, 3.63) is 64.2 Å². The molecule has 10 heteroatoms. The Morgan fingerprint density at radius 1 is 1.12 bits per heavy atom. The summed E-state index contributed by atoms with van der Waals surface area (Å²) >= 11 is 6.12. The molecule has 1 aliphatic carbocycles. The van der Waals surface area contributed by atoms with Gasteiger partial charge >= 0.3 is 5.97 Å². The van der Waals surface area contributed by atoms with Gasteiger partial charge in [0.15, 0.2) is 12.3 Å². The number of aromatic nitrogens is 2. The maximum absolute atomic E-state index is 13.3. The molecule has 1 heterocycles. The Morgan fingerprint density at radius 3 is 2.55 bits per heavy atom. The van der Waals surface area contributed by atoms with Crippen LogP contribution in [0.2, 0.25) is 5.02 Å². The fraction of sp³-hybridized carbons (Fsp3) is 0.261. The molecular weight excluding hydrogens is 453 g/mol. The van der Waals surface area contributed by atoms with Crippen molar-refractivity contribution in [3.8, 4) is 17.2 Å². The molecule has 1 aromatic heterocycles. The van der Waals surface area contributed by atoms with Gasteiger partial charge in [-0.05, 0) is 49.6 Å². The Bertz CT molecular complexity index is 1210. The molecule has 0 bridgehead atoms. The number of halogens is 2. The van der Waals surface area contributed by atoms with Crippen molar-refractivity contribution in [3.63, 3.8) is 0 Å². The monoisotopic (exact) mass is 473 g/mol. The van der Waals surface area contributed by atoms with E-state index in [1.165, 1.54) is 38.5 Å². The highest BCUT2D eigenvalue weighted by molar-refractivity contribution is 6.32. The number of carbonyl (C=O) groups excluding carboxylic acids is 2. The Labute approximate surface area is 194 Å². The third-order valence-corrected chi connectivity index (χ3v) is 5.57. The summed E-state index contributed by atoms with van der Waals surface area (Å²) in [5, 5.41) is 7.28. The van der Waals surface area contributed by atoms with E-state index in [1.807, 2.05) is 0 Å². The quantitative estimate of drug-likeness (QED) is 0.522. The number of rotatable bonds is 7. The largest absolute Gasteiger partial charge is 0.495 e. The number of hydrogen-bond acceptors (Lipinski definition) is 6. The van der Waals surface area contributed by atoms with Crippen LogP contribution >= 0.6 is 11.6 Å². The second-order valence-corrected chi connectivity index (χ2v) is 7.73. The van der Waals surface area contributed by atoms with E-state index in [1.54, 1.807) is 16.8 Å².